The summed E-state index contributed by atoms with van der Waals surface area (Å²) in [4.78, 5) is 33.6. The van der Waals surface area contributed by atoms with Crippen LogP contribution in [0.15, 0.2) is 82.7 Å². The minimum Gasteiger partial charge on any atom is -0.349 e. The van der Waals surface area contributed by atoms with Gasteiger partial charge in [0.1, 0.15) is 16.9 Å². The molecule has 0 atom stereocenters. The van der Waals surface area contributed by atoms with Crippen molar-refractivity contribution in [3.8, 4) is 5.69 Å². The van der Waals surface area contributed by atoms with E-state index >= 15 is 0 Å². The lowest BCUT2D eigenvalue weighted by Gasteiger charge is -2.13. The number of benzene rings is 3. The Labute approximate surface area is 205 Å². The van der Waals surface area contributed by atoms with Gasteiger partial charge in [-0.05, 0) is 36.4 Å². The first-order valence-corrected chi connectivity index (χ1v) is 11.6. The van der Waals surface area contributed by atoms with Gasteiger partial charge in [-0.25, -0.2) is 9.37 Å². The average molecular weight is 512 g/mol. The largest absolute Gasteiger partial charge is 0.416 e. The molecular formula is C25H16F4N4O2S. The Morgan fingerprint density at radius 3 is 2.56 bits per heavy atom. The fourth-order valence-electron chi connectivity index (χ4n) is 3.79. The van der Waals surface area contributed by atoms with Gasteiger partial charge in [0.25, 0.3) is 5.56 Å². The molecule has 0 spiro atoms. The Morgan fingerprint density at radius 2 is 1.78 bits per heavy atom. The molecule has 0 saturated carbocycles. The number of H-pyrrole nitrogens is 1. The number of hydrogen-bond acceptors (Lipinski definition) is 4. The highest BCUT2D eigenvalue weighted by Crippen LogP contribution is 2.31. The first-order valence-electron chi connectivity index (χ1n) is 10.6. The summed E-state index contributed by atoms with van der Waals surface area (Å²) in [6.45, 7) is 0. The van der Waals surface area contributed by atoms with Crippen LogP contribution in [0.2, 0.25) is 0 Å². The van der Waals surface area contributed by atoms with Gasteiger partial charge >= 0.3 is 6.18 Å². The summed E-state index contributed by atoms with van der Waals surface area (Å²) < 4.78 is 54.7. The lowest BCUT2D eigenvalue weighted by atomic mass is 10.2. The molecule has 182 valence electrons. The average Bonchev–Trinajstić information content (AvgIpc) is 3.22. The Bertz CT molecular complexity index is 1680. The number of amides is 1. The molecule has 2 heterocycles. The second-order valence-electron chi connectivity index (χ2n) is 7.80. The van der Waals surface area contributed by atoms with E-state index in [4.69, 9.17) is 0 Å². The molecule has 2 N–H and O–H groups in total. The zero-order valence-corrected chi connectivity index (χ0v) is 19.1. The molecule has 0 radical (unpaired) electrons. The van der Waals surface area contributed by atoms with E-state index in [9.17, 15) is 27.2 Å². The number of fused-ring (bicyclic) bond motifs is 3. The monoisotopic (exact) mass is 512 g/mol. The maximum absolute atomic E-state index is 14.7. The van der Waals surface area contributed by atoms with E-state index in [0.29, 0.717) is 16.4 Å². The number of alkyl halides is 3. The highest BCUT2D eigenvalue weighted by Gasteiger charge is 2.30. The maximum atomic E-state index is 14.7. The third-order valence-electron chi connectivity index (χ3n) is 5.39. The second-order valence-corrected chi connectivity index (χ2v) is 8.74. The molecule has 36 heavy (non-hydrogen) atoms. The Morgan fingerprint density at radius 1 is 1.03 bits per heavy atom. The molecule has 6 nitrogen and oxygen atoms in total. The van der Waals surface area contributed by atoms with Gasteiger partial charge in [0.2, 0.25) is 5.91 Å². The zero-order valence-electron chi connectivity index (χ0n) is 18.3. The van der Waals surface area contributed by atoms with Crippen molar-refractivity contribution in [1.29, 1.82) is 0 Å². The van der Waals surface area contributed by atoms with Crippen LogP contribution in [0.5, 0.6) is 0 Å². The van der Waals surface area contributed by atoms with Gasteiger partial charge in [-0.2, -0.15) is 13.2 Å². The predicted molar refractivity (Wildman–Crippen MR) is 130 cm³/mol. The standard InChI is InChI=1S/C25H16F4N4O2S/c26-17-9-2-4-11-19(17)33-23(35)22-21(16-8-1-3-10-18(16)31-22)32-24(33)36-13-20(34)30-15-7-5-6-14(12-15)25(27,28)29/h1-12,31H,13H2,(H,30,34). The molecule has 3 aromatic carbocycles. The highest BCUT2D eigenvalue weighted by molar-refractivity contribution is 7.99. The number of hydrogen-bond donors (Lipinski definition) is 2. The van der Waals surface area contributed by atoms with Crippen molar-refractivity contribution in [3.63, 3.8) is 0 Å². The molecule has 0 aliphatic heterocycles. The molecule has 0 fully saturated rings. The number of aromatic amines is 1. The van der Waals surface area contributed by atoms with Crippen molar-refractivity contribution >= 4 is 45.3 Å². The van der Waals surface area contributed by atoms with Crippen molar-refractivity contribution in [2.75, 3.05) is 11.1 Å². The number of para-hydroxylation sites is 2. The number of rotatable bonds is 5. The van der Waals surface area contributed by atoms with Crippen LogP contribution in [-0.2, 0) is 11.0 Å². The molecule has 1 amide bonds. The molecule has 5 rings (SSSR count). The molecule has 0 bridgehead atoms. The summed E-state index contributed by atoms with van der Waals surface area (Å²) in [5.74, 6) is -1.56. The number of thioether (sulfide) groups is 1. The second kappa shape index (κ2) is 9.15. The van der Waals surface area contributed by atoms with Crippen LogP contribution in [0, 0.1) is 5.82 Å². The third-order valence-corrected chi connectivity index (χ3v) is 6.33. The van der Waals surface area contributed by atoms with Gasteiger partial charge in [-0.3, -0.25) is 14.2 Å². The Kier molecular flexibility index (Phi) is 6.00. The summed E-state index contributed by atoms with van der Waals surface area (Å²) in [7, 11) is 0. The quantitative estimate of drug-likeness (QED) is 0.178. The van der Waals surface area contributed by atoms with Gasteiger partial charge in [0.15, 0.2) is 5.16 Å². The molecule has 5 aromatic rings. The molecule has 0 saturated heterocycles. The van der Waals surface area contributed by atoms with Crippen LogP contribution in [0.4, 0.5) is 23.2 Å². The van der Waals surface area contributed by atoms with E-state index in [1.54, 1.807) is 30.3 Å². The first kappa shape index (κ1) is 23.6. The van der Waals surface area contributed by atoms with Crippen LogP contribution in [0.25, 0.3) is 27.6 Å². The summed E-state index contributed by atoms with van der Waals surface area (Å²) >= 11 is 0.866. The summed E-state index contributed by atoms with van der Waals surface area (Å²) in [5, 5.41) is 3.15. The maximum Gasteiger partial charge on any atom is 0.416 e. The number of aromatic nitrogens is 3. The van der Waals surface area contributed by atoms with Crippen LogP contribution in [0.3, 0.4) is 0 Å². The van der Waals surface area contributed by atoms with Crippen LogP contribution < -0.4 is 10.9 Å². The molecular weight excluding hydrogens is 496 g/mol. The highest BCUT2D eigenvalue weighted by atomic mass is 32.2. The minimum absolute atomic E-state index is 0.0260. The Hall–Kier alpha value is -4.12. The molecule has 11 heteroatoms. The van der Waals surface area contributed by atoms with E-state index in [1.807, 2.05) is 0 Å². The normalized spacial score (nSPS) is 11.8. The van der Waals surface area contributed by atoms with Crippen LogP contribution in [0.1, 0.15) is 5.56 Å². The fraction of sp³-hybridized carbons (Fsp3) is 0.0800. The van der Waals surface area contributed by atoms with E-state index in [0.717, 1.165) is 28.5 Å². The molecule has 0 aliphatic rings. The van der Waals surface area contributed by atoms with Crippen molar-refractivity contribution in [3.05, 3.63) is 94.5 Å². The number of anilines is 1. The van der Waals surface area contributed by atoms with Crippen molar-refractivity contribution in [2.24, 2.45) is 0 Å². The predicted octanol–water partition coefficient (Wildman–Crippen LogP) is 5.76. The Balaban J connectivity index is 1.52. The summed E-state index contributed by atoms with van der Waals surface area (Å²) in [5.41, 5.74) is -0.309. The summed E-state index contributed by atoms with van der Waals surface area (Å²) in [6.07, 6.45) is -4.55. The third kappa shape index (κ3) is 4.44. The van der Waals surface area contributed by atoms with Crippen molar-refractivity contribution in [2.45, 2.75) is 11.3 Å². The summed E-state index contributed by atoms with van der Waals surface area (Å²) in [6, 6.07) is 17.1. The molecule has 0 unspecified atom stereocenters. The van der Waals surface area contributed by atoms with Gasteiger partial charge in [0.05, 0.1) is 17.0 Å². The number of nitrogens with one attached hydrogen (secondary N) is 2. The van der Waals surface area contributed by atoms with E-state index in [1.165, 1.54) is 30.3 Å². The lowest BCUT2D eigenvalue weighted by molar-refractivity contribution is -0.137. The van der Waals surface area contributed by atoms with Crippen LogP contribution >= 0.6 is 11.8 Å². The minimum atomic E-state index is -4.55. The number of carbonyl (C=O) groups excluding carboxylic acids is 1. The van der Waals surface area contributed by atoms with Gasteiger partial charge in [0, 0.05) is 16.6 Å². The van der Waals surface area contributed by atoms with Crippen molar-refractivity contribution in [1.82, 2.24) is 14.5 Å². The smallest absolute Gasteiger partial charge is 0.349 e. The number of nitrogens with zero attached hydrogens (tertiary/aromatic N) is 2. The van der Waals surface area contributed by atoms with Crippen molar-refractivity contribution < 1.29 is 22.4 Å². The SMILES string of the molecule is O=C(CSc1nc2c([nH]c3ccccc32)c(=O)n1-c1ccccc1F)Nc1cccc(C(F)(F)F)c1. The van der Waals surface area contributed by atoms with Gasteiger partial charge < -0.3 is 10.3 Å². The number of halogens is 4. The zero-order chi connectivity index (χ0) is 25.4. The van der Waals surface area contributed by atoms with Gasteiger partial charge in [-0.1, -0.05) is 48.2 Å². The van der Waals surface area contributed by atoms with Crippen LogP contribution in [-0.4, -0.2) is 26.2 Å². The molecule has 2 aromatic heterocycles. The van der Waals surface area contributed by atoms with Gasteiger partial charge in [-0.15, -0.1) is 0 Å². The van der Waals surface area contributed by atoms with E-state index in [2.05, 4.69) is 15.3 Å². The van der Waals surface area contributed by atoms with E-state index in [-0.39, 0.29) is 27.8 Å². The topological polar surface area (TPSA) is 79.8 Å². The molecule has 0 aliphatic carbocycles. The fourth-order valence-corrected chi connectivity index (χ4v) is 4.58. The first-order chi connectivity index (χ1) is 17.2. The van der Waals surface area contributed by atoms with E-state index < -0.39 is 29.0 Å². The lowest BCUT2D eigenvalue weighted by Crippen LogP contribution is -2.23. The number of carbonyl (C=O) groups is 1.